The topological polar surface area (TPSA) is 53.6 Å². The third kappa shape index (κ3) is 4.51. The Bertz CT molecular complexity index is 425. The summed E-state index contributed by atoms with van der Waals surface area (Å²) in [5, 5.41) is 6.11. The van der Waals surface area contributed by atoms with Gasteiger partial charge in [0, 0.05) is 12.2 Å². The Labute approximate surface area is 120 Å². The van der Waals surface area contributed by atoms with Gasteiger partial charge in [-0.05, 0) is 57.7 Å². The number of hydrogen-bond acceptors (Lipinski definition) is 4. The zero-order valence-electron chi connectivity index (χ0n) is 12.2. The molecule has 0 unspecified atom stereocenters. The van der Waals surface area contributed by atoms with Crippen LogP contribution in [0.3, 0.4) is 0 Å². The molecule has 5 heteroatoms. The van der Waals surface area contributed by atoms with Crippen molar-refractivity contribution in [1.82, 2.24) is 10.2 Å². The number of carbonyl (C=O) groups is 1. The molecule has 1 aliphatic heterocycles. The molecular formula is C15H23N3O2. The summed E-state index contributed by atoms with van der Waals surface area (Å²) in [6, 6.07) is 7.46. The van der Waals surface area contributed by atoms with Crippen LogP contribution >= 0.6 is 0 Å². The van der Waals surface area contributed by atoms with Crippen molar-refractivity contribution in [2.24, 2.45) is 0 Å². The molecule has 1 aliphatic rings. The van der Waals surface area contributed by atoms with Crippen molar-refractivity contribution < 1.29 is 9.53 Å². The molecule has 0 bridgehead atoms. The first kappa shape index (κ1) is 14.8. The summed E-state index contributed by atoms with van der Waals surface area (Å²) in [7, 11) is 4.03. The molecule has 0 saturated carbocycles. The van der Waals surface area contributed by atoms with Crippen LogP contribution in [-0.4, -0.2) is 50.6 Å². The molecule has 1 heterocycles. The minimum Gasteiger partial charge on any atom is -0.492 e. The SMILES string of the molecule is CN(C)CCOc1ccc(NC(=O)[C@@H]2CCCN2)cc1. The van der Waals surface area contributed by atoms with Crippen molar-refractivity contribution in [3.8, 4) is 5.75 Å². The number of nitrogens with zero attached hydrogens (tertiary/aromatic N) is 1. The molecular weight excluding hydrogens is 254 g/mol. The number of anilines is 1. The number of benzene rings is 1. The van der Waals surface area contributed by atoms with Gasteiger partial charge in [-0.15, -0.1) is 0 Å². The molecule has 0 radical (unpaired) electrons. The maximum absolute atomic E-state index is 11.9. The largest absolute Gasteiger partial charge is 0.492 e. The maximum atomic E-state index is 11.9. The first-order valence-corrected chi connectivity index (χ1v) is 7.07. The number of rotatable bonds is 6. The molecule has 1 aromatic rings. The van der Waals surface area contributed by atoms with Gasteiger partial charge in [-0.2, -0.15) is 0 Å². The van der Waals surface area contributed by atoms with Gasteiger partial charge in [0.1, 0.15) is 12.4 Å². The number of amides is 1. The highest BCUT2D eigenvalue weighted by molar-refractivity contribution is 5.95. The number of carbonyl (C=O) groups excluding carboxylic acids is 1. The van der Waals surface area contributed by atoms with Crippen LogP contribution in [-0.2, 0) is 4.79 Å². The first-order valence-electron chi connectivity index (χ1n) is 7.07. The molecule has 5 nitrogen and oxygen atoms in total. The van der Waals surface area contributed by atoms with E-state index in [1.165, 1.54) is 0 Å². The van der Waals surface area contributed by atoms with Crippen LogP contribution in [0.1, 0.15) is 12.8 Å². The van der Waals surface area contributed by atoms with Gasteiger partial charge >= 0.3 is 0 Å². The van der Waals surface area contributed by atoms with E-state index in [0.29, 0.717) is 6.61 Å². The van der Waals surface area contributed by atoms with Gasteiger partial charge in [-0.25, -0.2) is 0 Å². The summed E-state index contributed by atoms with van der Waals surface area (Å²) in [5.41, 5.74) is 0.809. The predicted octanol–water partition coefficient (Wildman–Crippen LogP) is 1.32. The molecule has 0 aromatic heterocycles. The van der Waals surface area contributed by atoms with Crippen molar-refractivity contribution >= 4 is 11.6 Å². The molecule has 2 rings (SSSR count). The van der Waals surface area contributed by atoms with Gasteiger partial charge in [-0.1, -0.05) is 0 Å². The third-order valence-corrected chi connectivity index (χ3v) is 3.31. The second-order valence-corrected chi connectivity index (χ2v) is 5.31. The van der Waals surface area contributed by atoms with Crippen LogP contribution in [0.15, 0.2) is 24.3 Å². The predicted molar refractivity (Wildman–Crippen MR) is 80.1 cm³/mol. The van der Waals surface area contributed by atoms with E-state index in [9.17, 15) is 4.79 Å². The highest BCUT2D eigenvalue weighted by Crippen LogP contribution is 2.16. The Morgan fingerprint density at radius 2 is 2.15 bits per heavy atom. The number of nitrogens with one attached hydrogen (secondary N) is 2. The molecule has 0 spiro atoms. The third-order valence-electron chi connectivity index (χ3n) is 3.31. The van der Waals surface area contributed by atoms with Crippen LogP contribution < -0.4 is 15.4 Å². The van der Waals surface area contributed by atoms with Crippen LogP contribution in [0.4, 0.5) is 5.69 Å². The van der Waals surface area contributed by atoms with Crippen molar-refractivity contribution in [2.45, 2.75) is 18.9 Å². The van der Waals surface area contributed by atoms with Crippen molar-refractivity contribution in [2.75, 3.05) is 39.1 Å². The van der Waals surface area contributed by atoms with Crippen LogP contribution in [0.2, 0.25) is 0 Å². The minimum absolute atomic E-state index is 0.0452. The second-order valence-electron chi connectivity index (χ2n) is 5.31. The van der Waals surface area contributed by atoms with Crippen LogP contribution in [0.5, 0.6) is 5.75 Å². The quantitative estimate of drug-likeness (QED) is 0.823. The summed E-state index contributed by atoms with van der Waals surface area (Å²) >= 11 is 0. The smallest absolute Gasteiger partial charge is 0.241 e. The summed E-state index contributed by atoms with van der Waals surface area (Å²) in [4.78, 5) is 14.0. The number of ether oxygens (including phenoxy) is 1. The van der Waals surface area contributed by atoms with Gasteiger partial charge in [0.05, 0.1) is 6.04 Å². The highest BCUT2D eigenvalue weighted by Gasteiger charge is 2.21. The molecule has 1 fully saturated rings. The van der Waals surface area contributed by atoms with Crippen LogP contribution in [0.25, 0.3) is 0 Å². The maximum Gasteiger partial charge on any atom is 0.241 e. The Kier molecular flexibility index (Phi) is 5.38. The molecule has 110 valence electrons. The van der Waals surface area contributed by atoms with Gasteiger partial charge in [0.15, 0.2) is 0 Å². The van der Waals surface area contributed by atoms with Gasteiger partial charge in [-0.3, -0.25) is 4.79 Å². The average molecular weight is 277 g/mol. The summed E-state index contributed by atoms with van der Waals surface area (Å²) in [6.45, 7) is 2.47. The number of hydrogen-bond donors (Lipinski definition) is 2. The molecule has 1 saturated heterocycles. The van der Waals surface area contributed by atoms with E-state index in [1.54, 1.807) is 0 Å². The fourth-order valence-corrected chi connectivity index (χ4v) is 2.12. The van der Waals surface area contributed by atoms with E-state index < -0.39 is 0 Å². The highest BCUT2D eigenvalue weighted by atomic mass is 16.5. The normalized spacial score (nSPS) is 18.2. The fourth-order valence-electron chi connectivity index (χ4n) is 2.12. The zero-order valence-corrected chi connectivity index (χ0v) is 12.2. The van der Waals surface area contributed by atoms with Crippen molar-refractivity contribution in [1.29, 1.82) is 0 Å². The van der Waals surface area contributed by atoms with Gasteiger partial charge in [0.25, 0.3) is 0 Å². The van der Waals surface area contributed by atoms with Crippen molar-refractivity contribution in [3.63, 3.8) is 0 Å². The van der Waals surface area contributed by atoms with E-state index in [2.05, 4.69) is 15.5 Å². The molecule has 1 atom stereocenters. The van der Waals surface area contributed by atoms with E-state index in [4.69, 9.17) is 4.74 Å². The monoisotopic (exact) mass is 277 g/mol. The first-order chi connectivity index (χ1) is 9.65. The van der Waals surface area contributed by atoms with Crippen molar-refractivity contribution in [3.05, 3.63) is 24.3 Å². The van der Waals surface area contributed by atoms with Gasteiger partial charge in [0.2, 0.25) is 5.91 Å². The fraction of sp³-hybridized carbons (Fsp3) is 0.533. The van der Waals surface area contributed by atoms with E-state index in [-0.39, 0.29) is 11.9 Å². The molecule has 20 heavy (non-hydrogen) atoms. The van der Waals surface area contributed by atoms with E-state index >= 15 is 0 Å². The lowest BCUT2D eigenvalue weighted by molar-refractivity contribution is -0.117. The Hall–Kier alpha value is -1.59. The lowest BCUT2D eigenvalue weighted by Crippen LogP contribution is -2.35. The Balaban J connectivity index is 1.80. The van der Waals surface area contributed by atoms with Gasteiger partial charge < -0.3 is 20.3 Å². The number of likely N-dealkylation sites (N-methyl/N-ethyl adjacent to an activating group) is 1. The zero-order chi connectivity index (χ0) is 14.4. The molecule has 0 aliphatic carbocycles. The standard InChI is InChI=1S/C15H23N3O2/c1-18(2)10-11-20-13-7-5-12(6-8-13)17-15(19)14-4-3-9-16-14/h5-8,14,16H,3-4,9-11H2,1-2H3,(H,17,19)/t14-/m0/s1. The second kappa shape index (κ2) is 7.26. The van der Waals surface area contributed by atoms with E-state index in [1.807, 2.05) is 38.4 Å². The van der Waals surface area contributed by atoms with E-state index in [0.717, 1.165) is 37.4 Å². The minimum atomic E-state index is -0.0500. The Morgan fingerprint density at radius 1 is 1.40 bits per heavy atom. The Morgan fingerprint density at radius 3 is 2.75 bits per heavy atom. The summed E-state index contributed by atoms with van der Waals surface area (Å²) in [6.07, 6.45) is 1.98. The molecule has 2 N–H and O–H groups in total. The average Bonchev–Trinajstić information content (AvgIpc) is 2.94. The molecule has 1 amide bonds. The molecule has 1 aromatic carbocycles. The lowest BCUT2D eigenvalue weighted by atomic mass is 10.2. The summed E-state index contributed by atoms with van der Waals surface area (Å²) in [5.74, 6) is 0.868. The summed E-state index contributed by atoms with van der Waals surface area (Å²) < 4.78 is 5.61. The lowest BCUT2D eigenvalue weighted by Gasteiger charge is -2.13. The van der Waals surface area contributed by atoms with Crippen LogP contribution in [0, 0.1) is 0 Å².